The van der Waals surface area contributed by atoms with Crippen molar-refractivity contribution in [3.63, 3.8) is 0 Å². The molecule has 1 aromatic carbocycles. The van der Waals surface area contributed by atoms with Crippen LogP contribution in [0.1, 0.15) is 26.2 Å². The van der Waals surface area contributed by atoms with E-state index in [1.807, 2.05) is 24.3 Å². The zero-order valence-corrected chi connectivity index (χ0v) is 10.6. The number of nitrogens with one attached hydrogen (secondary N) is 1. The molecule has 1 aliphatic carbocycles. The molecule has 1 unspecified atom stereocenters. The summed E-state index contributed by atoms with van der Waals surface area (Å²) in [6, 6.07) is 8.54. The first-order valence-corrected chi connectivity index (χ1v) is 6.36. The number of benzene rings is 1. The van der Waals surface area contributed by atoms with E-state index in [2.05, 4.69) is 12.2 Å². The number of para-hydroxylation sites is 2. The minimum atomic E-state index is 0.215. The lowest BCUT2D eigenvalue weighted by Crippen LogP contribution is -2.32. The van der Waals surface area contributed by atoms with Gasteiger partial charge in [0.25, 0.3) is 0 Å². The van der Waals surface area contributed by atoms with E-state index in [-0.39, 0.29) is 6.10 Å². The minimum Gasteiger partial charge on any atom is -0.493 e. The Morgan fingerprint density at radius 3 is 2.59 bits per heavy atom. The van der Waals surface area contributed by atoms with Crippen molar-refractivity contribution in [2.75, 3.05) is 13.7 Å². The third-order valence-corrected chi connectivity index (χ3v) is 3.03. The van der Waals surface area contributed by atoms with E-state index in [9.17, 15) is 0 Å². The largest absolute Gasteiger partial charge is 0.493 e. The van der Waals surface area contributed by atoms with Crippen LogP contribution in [0.2, 0.25) is 0 Å². The van der Waals surface area contributed by atoms with E-state index in [0.717, 1.165) is 30.5 Å². The van der Waals surface area contributed by atoms with Gasteiger partial charge in [0.05, 0.1) is 7.11 Å². The average molecular weight is 235 g/mol. The van der Waals surface area contributed by atoms with Crippen molar-refractivity contribution in [3.05, 3.63) is 24.3 Å². The second-order valence-electron chi connectivity index (χ2n) is 4.48. The van der Waals surface area contributed by atoms with Crippen LogP contribution in [0.15, 0.2) is 24.3 Å². The summed E-state index contributed by atoms with van der Waals surface area (Å²) in [5, 5.41) is 3.50. The molecule has 0 radical (unpaired) electrons. The molecule has 1 fully saturated rings. The van der Waals surface area contributed by atoms with Gasteiger partial charge in [0, 0.05) is 12.6 Å². The van der Waals surface area contributed by atoms with Crippen molar-refractivity contribution < 1.29 is 9.47 Å². The molecule has 0 bridgehead atoms. The highest BCUT2D eigenvalue weighted by Crippen LogP contribution is 2.27. The highest BCUT2D eigenvalue weighted by atomic mass is 16.5. The number of ether oxygens (including phenoxy) is 2. The maximum absolute atomic E-state index is 5.98. The van der Waals surface area contributed by atoms with E-state index in [0.29, 0.717) is 0 Å². The zero-order chi connectivity index (χ0) is 12.1. The lowest BCUT2D eigenvalue weighted by molar-refractivity contribution is 0.185. The van der Waals surface area contributed by atoms with Gasteiger partial charge in [0.1, 0.15) is 6.10 Å². The van der Waals surface area contributed by atoms with Gasteiger partial charge in [-0.3, -0.25) is 0 Å². The first kappa shape index (κ1) is 12.2. The minimum absolute atomic E-state index is 0.215. The first-order chi connectivity index (χ1) is 8.33. The summed E-state index contributed by atoms with van der Waals surface area (Å²) in [5.41, 5.74) is 0. The van der Waals surface area contributed by atoms with Crippen LogP contribution in [0.25, 0.3) is 0 Å². The molecular formula is C14H21NO2. The summed E-state index contributed by atoms with van der Waals surface area (Å²) in [5.74, 6) is 1.64. The average Bonchev–Trinajstić information content (AvgIpc) is 3.19. The second-order valence-corrected chi connectivity index (χ2v) is 4.48. The van der Waals surface area contributed by atoms with E-state index in [1.165, 1.54) is 12.8 Å². The fourth-order valence-corrected chi connectivity index (χ4v) is 1.75. The fourth-order valence-electron chi connectivity index (χ4n) is 1.75. The number of hydrogen-bond acceptors (Lipinski definition) is 3. The van der Waals surface area contributed by atoms with Crippen molar-refractivity contribution in [2.45, 2.75) is 38.3 Å². The second kappa shape index (κ2) is 5.92. The normalized spacial score (nSPS) is 16.6. The van der Waals surface area contributed by atoms with E-state index < -0.39 is 0 Å². The van der Waals surface area contributed by atoms with Crippen LogP contribution in [0.5, 0.6) is 11.5 Å². The maximum Gasteiger partial charge on any atom is 0.161 e. The predicted octanol–water partition coefficient (Wildman–Crippen LogP) is 2.60. The summed E-state index contributed by atoms with van der Waals surface area (Å²) < 4.78 is 11.3. The molecule has 2 rings (SSSR count). The summed E-state index contributed by atoms with van der Waals surface area (Å²) >= 11 is 0. The Hall–Kier alpha value is -1.22. The van der Waals surface area contributed by atoms with Crippen LogP contribution in [0, 0.1) is 0 Å². The Labute approximate surface area is 103 Å². The molecule has 94 valence electrons. The first-order valence-electron chi connectivity index (χ1n) is 6.36. The SMILES string of the molecule is CCC(CNC1CC1)Oc1ccccc1OC. The number of hydrogen-bond donors (Lipinski definition) is 1. The molecule has 0 amide bonds. The van der Waals surface area contributed by atoms with Crippen LogP contribution < -0.4 is 14.8 Å². The Morgan fingerprint density at radius 2 is 2.00 bits per heavy atom. The maximum atomic E-state index is 5.98. The quantitative estimate of drug-likeness (QED) is 0.788. The molecule has 0 aliphatic heterocycles. The van der Waals surface area contributed by atoms with Crippen LogP contribution >= 0.6 is 0 Å². The molecule has 0 heterocycles. The van der Waals surface area contributed by atoms with Gasteiger partial charge < -0.3 is 14.8 Å². The molecule has 0 spiro atoms. The Kier molecular flexibility index (Phi) is 4.26. The van der Waals surface area contributed by atoms with Gasteiger partial charge in [0.2, 0.25) is 0 Å². The van der Waals surface area contributed by atoms with E-state index in [4.69, 9.17) is 9.47 Å². The van der Waals surface area contributed by atoms with Gasteiger partial charge in [0.15, 0.2) is 11.5 Å². The summed E-state index contributed by atoms with van der Waals surface area (Å²) in [4.78, 5) is 0. The van der Waals surface area contributed by atoms with Crippen molar-refractivity contribution in [1.29, 1.82) is 0 Å². The van der Waals surface area contributed by atoms with Crippen LogP contribution in [0.3, 0.4) is 0 Å². The standard InChI is InChI=1S/C14H21NO2/c1-3-12(10-15-11-8-9-11)17-14-7-5-4-6-13(14)16-2/h4-7,11-12,15H,3,8-10H2,1-2H3. The van der Waals surface area contributed by atoms with Crippen molar-refractivity contribution in [3.8, 4) is 11.5 Å². The lowest BCUT2D eigenvalue weighted by atomic mass is 10.2. The van der Waals surface area contributed by atoms with Crippen LogP contribution in [-0.2, 0) is 0 Å². The molecule has 1 saturated carbocycles. The van der Waals surface area contributed by atoms with Crippen molar-refractivity contribution >= 4 is 0 Å². The molecule has 1 aliphatic rings. The van der Waals surface area contributed by atoms with Gasteiger partial charge in [-0.05, 0) is 31.4 Å². The van der Waals surface area contributed by atoms with E-state index >= 15 is 0 Å². The van der Waals surface area contributed by atoms with Gasteiger partial charge in [-0.1, -0.05) is 19.1 Å². The third-order valence-electron chi connectivity index (χ3n) is 3.03. The third kappa shape index (κ3) is 3.63. The molecule has 1 aromatic rings. The molecule has 1 atom stereocenters. The summed E-state index contributed by atoms with van der Waals surface area (Å²) in [6.45, 7) is 3.06. The van der Waals surface area contributed by atoms with Crippen molar-refractivity contribution in [1.82, 2.24) is 5.32 Å². The zero-order valence-electron chi connectivity index (χ0n) is 10.6. The summed E-state index contributed by atoms with van der Waals surface area (Å²) in [6.07, 6.45) is 3.83. The number of methoxy groups -OCH3 is 1. The topological polar surface area (TPSA) is 30.5 Å². The van der Waals surface area contributed by atoms with E-state index in [1.54, 1.807) is 7.11 Å². The molecule has 1 N–H and O–H groups in total. The van der Waals surface area contributed by atoms with Crippen LogP contribution in [0.4, 0.5) is 0 Å². The number of rotatable bonds is 7. The Balaban J connectivity index is 1.91. The fraction of sp³-hybridized carbons (Fsp3) is 0.571. The van der Waals surface area contributed by atoms with Crippen molar-refractivity contribution in [2.24, 2.45) is 0 Å². The van der Waals surface area contributed by atoms with Crippen LogP contribution in [-0.4, -0.2) is 25.8 Å². The highest BCUT2D eigenvalue weighted by molar-refractivity contribution is 5.39. The Bertz CT molecular complexity index is 350. The lowest BCUT2D eigenvalue weighted by Gasteiger charge is -2.19. The molecule has 17 heavy (non-hydrogen) atoms. The molecule has 3 heteroatoms. The monoisotopic (exact) mass is 235 g/mol. The van der Waals surface area contributed by atoms with Gasteiger partial charge in [-0.25, -0.2) is 0 Å². The Morgan fingerprint density at radius 1 is 1.29 bits per heavy atom. The van der Waals surface area contributed by atoms with Gasteiger partial charge >= 0.3 is 0 Å². The van der Waals surface area contributed by atoms with Gasteiger partial charge in [-0.15, -0.1) is 0 Å². The molecule has 0 saturated heterocycles. The predicted molar refractivity (Wildman–Crippen MR) is 68.7 cm³/mol. The molecular weight excluding hydrogens is 214 g/mol. The highest BCUT2D eigenvalue weighted by Gasteiger charge is 2.22. The summed E-state index contributed by atoms with van der Waals surface area (Å²) in [7, 11) is 1.67. The molecule has 0 aromatic heterocycles. The van der Waals surface area contributed by atoms with Gasteiger partial charge in [-0.2, -0.15) is 0 Å². The smallest absolute Gasteiger partial charge is 0.161 e. The molecule has 3 nitrogen and oxygen atoms in total.